The van der Waals surface area contributed by atoms with Gasteiger partial charge in [-0.1, -0.05) is 64.1 Å². The normalized spacial score (nSPS) is 12.1. The van der Waals surface area contributed by atoms with Crippen LogP contribution in [0.2, 0.25) is 0 Å². The number of halogens is 1. The molecule has 106 valence electrons. The van der Waals surface area contributed by atoms with Crippen molar-refractivity contribution in [1.82, 2.24) is 14.9 Å². The zero-order chi connectivity index (χ0) is 14.4. The second-order valence-electron chi connectivity index (χ2n) is 4.39. The Labute approximate surface area is 130 Å². The van der Waals surface area contributed by atoms with E-state index < -0.39 is 0 Å². The number of rotatable bonds is 6. The van der Waals surface area contributed by atoms with Crippen molar-refractivity contribution in [3.8, 4) is 0 Å². The Kier molecular flexibility index (Phi) is 5.67. The van der Waals surface area contributed by atoms with Gasteiger partial charge in [-0.05, 0) is 23.5 Å². The van der Waals surface area contributed by atoms with Crippen LogP contribution in [0.5, 0.6) is 0 Å². The Morgan fingerprint density at radius 1 is 1.40 bits per heavy atom. The molecule has 2 aromatic rings. The minimum absolute atomic E-state index is 0.0553. The Morgan fingerprint density at radius 3 is 2.80 bits per heavy atom. The molecule has 1 atom stereocenters. The van der Waals surface area contributed by atoms with Crippen molar-refractivity contribution in [2.45, 2.75) is 25.8 Å². The van der Waals surface area contributed by atoms with E-state index in [2.05, 4.69) is 37.8 Å². The summed E-state index contributed by atoms with van der Waals surface area (Å²) in [6.07, 6.45) is 1.73. The number of benzene rings is 1. The third-order valence-electron chi connectivity index (χ3n) is 2.91. The summed E-state index contributed by atoms with van der Waals surface area (Å²) in [7, 11) is 0. The van der Waals surface area contributed by atoms with Gasteiger partial charge in [0.1, 0.15) is 4.88 Å². The summed E-state index contributed by atoms with van der Waals surface area (Å²) in [5.41, 5.74) is 1.86. The topological polar surface area (TPSA) is 54.9 Å². The van der Waals surface area contributed by atoms with Crippen LogP contribution in [0.3, 0.4) is 0 Å². The van der Waals surface area contributed by atoms with Gasteiger partial charge in [0.2, 0.25) is 0 Å². The third-order valence-corrected chi connectivity index (χ3v) is 4.32. The fourth-order valence-electron chi connectivity index (χ4n) is 1.90. The molecule has 0 radical (unpaired) electrons. The Balaban J connectivity index is 2.11. The van der Waals surface area contributed by atoms with E-state index in [-0.39, 0.29) is 11.9 Å². The highest BCUT2D eigenvalue weighted by Gasteiger charge is 2.19. The fourth-order valence-corrected chi connectivity index (χ4v) is 3.05. The van der Waals surface area contributed by atoms with Crippen LogP contribution in [0.25, 0.3) is 0 Å². The number of hydrogen-bond donors (Lipinski definition) is 1. The first-order valence-electron chi connectivity index (χ1n) is 6.49. The Hall–Kier alpha value is -1.27. The summed E-state index contributed by atoms with van der Waals surface area (Å²) in [5.74, 6) is -0.100. The van der Waals surface area contributed by atoms with Gasteiger partial charge >= 0.3 is 0 Å². The van der Waals surface area contributed by atoms with Crippen molar-refractivity contribution in [1.29, 1.82) is 0 Å². The van der Waals surface area contributed by atoms with E-state index in [1.54, 1.807) is 0 Å². The minimum atomic E-state index is -0.100. The first-order valence-corrected chi connectivity index (χ1v) is 8.38. The Bertz CT molecular complexity index is 559. The number of aromatic nitrogens is 2. The standard InChI is InChI=1S/C14H16BrN3OS/c1-2-6-11-13(20-18-17-11)14(19)16-12(9-15)10-7-4-3-5-8-10/h3-5,7-8,12H,2,6,9H2,1H3,(H,16,19). The molecule has 1 unspecified atom stereocenters. The molecule has 0 saturated carbocycles. The van der Waals surface area contributed by atoms with Crippen molar-refractivity contribution in [2.24, 2.45) is 0 Å². The summed E-state index contributed by atoms with van der Waals surface area (Å²) < 4.78 is 3.89. The van der Waals surface area contributed by atoms with Crippen LogP contribution in [0.1, 0.15) is 40.3 Å². The van der Waals surface area contributed by atoms with Gasteiger partial charge in [-0.3, -0.25) is 4.79 Å². The van der Waals surface area contributed by atoms with Crippen LogP contribution >= 0.6 is 27.5 Å². The zero-order valence-electron chi connectivity index (χ0n) is 11.2. The van der Waals surface area contributed by atoms with Crippen molar-refractivity contribution in [3.05, 3.63) is 46.5 Å². The molecule has 0 spiro atoms. The van der Waals surface area contributed by atoms with Gasteiger partial charge in [0, 0.05) is 5.33 Å². The molecule has 2 rings (SSSR count). The van der Waals surface area contributed by atoms with Crippen LogP contribution in [0.4, 0.5) is 0 Å². The second-order valence-corrected chi connectivity index (χ2v) is 5.79. The molecular weight excluding hydrogens is 338 g/mol. The lowest BCUT2D eigenvalue weighted by Crippen LogP contribution is -2.29. The molecule has 0 fully saturated rings. The number of carbonyl (C=O) groups is 1. The van der Waals surface area contributed by atoms with Crippen molar-refractivity contribution < 1.29 is 4.79 Å². The summed E-state index contributed by atoms with van der Waals surface area (Å²) >= 11 is 4.61. The molecule has 0 aliphatic carbocycles. The smallest absolute Gasteiger partial charge is 0.265 e. The maximum absolute atomic E-state index is 12.3. The lowest BCUT2D eigenvalue weighted by atomic mass is 10.1. The van der Waals surface area contributed by atoms with Crippen LogP contribution < -0.4 is 5.32 Å². The first-order chi connectivity index (χ1) is 9.76. The molecule has 1 N–H and O–H groups in total. The fraction of sp³-hybridized carbons (Fsp3) is 0.357. The SMILES string of the molecule is CCCc1nnsc1C(=O)NC(CBr)c1ccccc1. The van der Waals surface area contributed by atoms with Crippen LogP contribution in [0.15, 0.2) is 30.3 Å². The van der Waals surface area contributed by atoms with Gasteiger partial charge in [0.05, 0.1) is 11.7 Å². The third kappa shape index (κ3) is 3.64. The van der Waals surface area contributed by atoms with Gasteiger partial charge < -0.3 is 5.32 Å². The van der Waals surface area contributed by atoms with Crippen molar-refractivity contribution in [2.75, 3.05) is 5.33 Å². The van der Waals surface area contributed by atoms with Gasteiger partial charge in [0.15, 0.2) is 0 Å². The molecule has 6 heteroatoms. The molecular formula is C14H16BrN3OS. The van der Waals surface area contributed by atoms with E-state index in [9.17, 15) is 4.79 Å². The molecule has 1 heterocycles. The summed E-state index contributed by atoms with van der Waals surface area (Å²) in [4.78, 5) is 13.0. The van der Waals surface area contributed by atoms with Gasteiger partial charge in [-0.25, -0.2) is 0 Å². The Morgan fingerprint density at radius 2 is 2.15 bits per heavy atom. The number of alkyl halides is 1. The molecule has 1 amide bonds. The van der Waals surface area contributed by atoms with E-state index in [0.29, 0.717) is 10.2 Å². The largest absolute Gasteiger partial charge is 0.344 e. The molecule has 0 aliphatic heterocycles. The molecule has 4 nitrogen and oxygen atoms in total. The maximum atomic E-state index is 12.3. The highest BCUT2D eigenvalue weighted by Crippen LogP contribution is 2.18. The van der Waals surface area contributed by atoms with E-state index in [0.717, 1.165) is 35.6 Å². The monoisotopic (exact) mass is 353 g/mol. The molecule has 0 saturated heterocycles. The summed E-state index contributed by atoms with van der Waals surface area (Å²) in [6, 6.07) is 9.85. The number of amides is 1. The molecule has 0 bridgehead atoms. The predicted octanol–water partition coefficient (Wildman–Crippen LogP) is 3.36. The number of hydrogen-bond acceptors (Lipinski definition) is 4. The number of nitrogens with one attached hydrogen (secondary N) is 1. The van der Waals surface area contributed by atoms with E-state index in [1.807, 2.05) is 30.3 Å². The van der Waals surface area contributed by atoms with E-state index >= 15 is 0 Å². The highest BCUT2D eigenvalue weighted by molar-refractivity contribution is 9.09. The van der Waals surface area contributed by atoms with Gasteiger partial charge in [0.25, 0.3) is 5.91 Å². The average molecular weight is 354 g/mol. The number of nitrogens with zero attached hydrogens (tertiary/aromatic N) is 2. The van der Waals surface area contributed by atoms with Gasteiger partial charge in [-0.15, -0.1) is 5.10 Å². The number of aryl methyl sites for hydroxylation is 1. The minimum Gasteiger partial charge on any atom is -0.344 e. The molecule has 1 aromatic heterocycles. The second kappa shape index (κ2) is 7.50. The quantitative estimate of drug-likeness (QED) is 0.810. The predicted molar refractivity (Wildman–Crippen MR) is 84.3 cm³/mol. The maximum Gasteiger partial charge on any atom is 0.265 e. The van der Waals surface area contributed by atoms with Crippen LogP contribution in [-0.2, 0) is 6.42 Å². The lowest BCUT2D eigenvalue weighted by molar-refractivity contribution is 0.0943. The van der Waals surface area contributed by atoms with E-state index in [4.69, 9.17) is 0 Å². The molecule has 0 aliphatic rings. The molecule has 20 heavy (non-hydrogen) atoms. The number of carbonyl (C=O) groups excluding carboxylic acids is 1. The molecule has 1 aromatic carbocycles. The zero-order valence-corrected chi connectivity index (χ0v) is 13.6. The average Bonchev–Trinajstić information content (AvgIpc) is 2.94. The lowest BCUT2D eigenvalue weighted by Gasteiger charge is -2.16. The first kappa shape index (κ1) is 15.1. The summed E-state index contributed by atoms with van der Waals surface area (Å²) in [5, 5.41) is 7.72. The van der Waals surface area contributed by atoms with Gasteiger partial charge in [-0.2, -0.15) is 0 Å². The summed E-state index contributed by atoms with van der Waals surface area (Å²) in [6.45, 7) is 2.06. The van der Waals surface area contributed by atoms with Crippen molar-refractivity contribution in [3.63, 3.8) is 0 Å². The van der Waals surface area contributed by atoms with E-state index in [1.165, 1.54) is 0 Å². The van der Waals surface area contributed by atoms with Crippen LogP contribution in [-0.4, -0.2) is 20.8 Å². The highest BCUT2D eigenvalue weighted by atomic mass is 79.9. The van der Waals surface area contributed by atoms with Crippen LogP contribution in [0, 0.1) is 0 Å². The van der Waals surface area contributed by atoms with Crippen molar-refractivity contribution >= 4 is 33.4 Å².